The summed E-state index contributed by atoms with van der Waals surface area (Å²) in [4.78, 5) is 92.4. The molecule has 4 saturated carbocycles. The Bertz CT molecular complexity index is 4140. The number of fused-ring (bicyclic) bond motifs is 8. The standard InChI is InChI=1S/2C28H42O6.C27H40O6.C26H38O7/c1-4-5-6-9-21(34-28(32)13-18(2)3)11-12-22-23-14-19-8-7-10-26(33-17-27(30)31)24(19)15-20(23)16-25(22)29;1-3-5-7-10-21(34-28(32)12-6-4-2)13-14-22-23-15-19-9-8-11-26(33-18-27(30)31)24(19)16-20(23)17-25(22)29;1-3-5-6-10-20(33-27(31)8-4-2)12-13-21-22-14-18-9-7-11-25(32-17-26(29)30)23(18)15-19(22)16-24(21)28;1-2-3-4-7-19(33-26(31)11-12-27)9-10-20-21-13-17-6-5-8-24(32-16-25(29)30)22(17)14-18(21)15-23(20)28/h7-8,10,18,20-23,25,29H,4-6,9,11-17H2,1-3H3,(H,30,31);8-9,11,20-23,25,29H,3-7,10,12-18H2,1-2H3,(H,30,31);7,9,11,19-22,24,28H,3-6,8,10,12-17H2,1-2H3,(H,29,30);5-6,8,18-21,23,27-28H,2-4,7,9-16H2,1H3,(H,29,30)/t2*20-,21-,22+,23-,25+;19-,20-,21+,22-,24+;18-,19-,20+,21-,23+/m0000/s1. The lowest BCUT2D eigenvalue weighted by atomic mass is 9.73. The number of ether oxygens (including phenoxy) is 8. The second kappa shape index (κ2) is 57.1. The van der Waals surface area contributed by atoms with Crippen LogP contribution in [0.5, 0.6) is 23.0 Å². The Hall–Kier alpha value is -8.36. The van der Waals surface area contributed by atoms with Gasteiger partial charge in [-0.25, -0.2) is 19.2 Å². The number of aliphatic hydroxyl groups excluding tert-OH is 5. The zero-order valence-electron chi connectivity index (χ0n) is 81.6. The van der Waals surface area contributed by atoms with Crippen molar-refractivity contribution in [2.45, 2.75) is 380 Å². The van der Waals surface area contributed by atoms with E-state index in [-0.39, 0.29) is 142 Å². The van der Waals surface area contributed by atoms with Gasteiger partial charge in [0.2, 0.25) is 0 Å². The van der Waals surface area contributed by atoms with Crippen molar-refractivity contribution in [2.75, 3.05) is 33.0 Å². The predicted molar refractivity (Wildman–Crippen MR) is 511 cm³/mol. The molecule has 0 spiro atoms. The van der Waals surface area contributed by atoms with E-state index >= 15 is 0 Å². The molecule has 20 atom stereocenters. The van der Waals surface area contributed by atoms with E-state index in [1.54, 1.807) is 0 Å². The van der Waals surface area contributed by atoms with Crippen molar-refractivity contribution in [3.63, 3.8) is 0 Å². The molecule has 8 aliphatic carbocycles. The molecule has 4 aromatic carbocycles. The molecule has 0 aromatic heterocycles. The van der Waals surface area contributed by atoms with Crippen LogP contribution in [0.1, 0.15) is 325 Å². The van der Waals surface area contributed by atoms with Gasteiger partial charge in [0.15, 0.2) is 26.4 Å². The first-order chi connectivity index (χ1) is 64.5. The minimum absolute atomic E-state index is 0.0180. The van der Waals surface area contributed by atoms with Crippen LogP contribution in [0.2, 0.25) is 0 Å². The van der Waals surface area contributed by atoms with Gasteiger partial charge in [-0.2, -0.15) is 0 Å². The Morgan fingerprint density at radius 3 is 0.806 bits per heavy atom. The number of aliphatic hydroxyl groups is 5. The molecule has 25 nitrogen and oxygen atoms in total. The van der Waals surface area contributed by atoms with Gasteiger partial charge in [-0.1, -0.05) is 162 Å². The molecule has 12 rings (SSSR count). The van der Waals surface area contributed by atoms with E-state index in [0.29, 0.717) is 89.6 Å². The molecule has 748 valence electrons. The summed E-state index contributed by atoms with van der Waals surface area (Å²) in [5.41, 5.74) is 9.14. The molecule has 0 saturated heterocycles. The molecule has 134 heavy (non-hydrogen) atoms. The van der Waals surface area contributed by atoms with Crippen molar-refractivity contribution in [1.82, 2.24) is 0 Å². The number of hydrogen-bond donors (Lipinski definition) is 9. The molecular formula is C109H162O25. The van der Waals surface area contributed by atoms with Gasteiger partial charge in [0.05, 0.1) is 37.4 Å². The third-order valence-corrected chi connectivity index (χ3v) is 29.9. The number of esters is 4. The van der Waals surface area contributed by atoms with Crippen LogP contribution in [0.25, 0.3) is 0 Å². The SMILES string of the molecule is CCCCC[C@@H](CC[C@@H]1[C@H]2Cc3cccc(OCC(=O)O)c3C[C@H]2C[C@H]1O)OC(=O)CC(C)C.CCCCC[C@@H](CC[C@@H]1[C@H]2Cc3cccc(OCC(=O)O)c3C[C@H]2C[C@H]1O)OC(=O)CCC.CCCCC[C@@H](CC[C@@H]1[C@H]2Cc3cccc(OCC(=O)O)c3C[C@H]2C[C@H]1O)OC(=O)CCCC.CCCCC[C@@H](CC[C@@H]1[C@H]2Cc3cccc(OCC(=O)O)c3C[C@H]2C[C@H]1O)OC(=O)CCO. The highest BCUT2D eigenvalue weighted by Gasteiger charge is 2.50. The summed E-state index contributed by atoms with van der Waals surface area (Å²) in [6.07, 6.45) is 35.2. The summed E-state index contributed by atoms with van der Waals surface area (Å²) < 4.78 is 45.3. The number of aliphatic carboxylic acids is 4. The molecule has 0 heterocycles. The monoisotopic (exact) mass is 1870 g/mol. The molecular weight excluding hydrogens is 1710 g/mol. The summed E-state index contributed by atoms with van der Waals surface area (Å²) in [5, 5.41) is 88.6. The molecule has 0 amide bonds. The van der Waals surface area contributed by atoms with Gasteiger partial charge in [0.25, 0.3) is 0 Å². The van der Waals surface area contributed by atoms with Crippen molar-refractivity contribution >= 4 is 47.8 Å². The highest BCUT2D eigenvalue weighted by Crippen LogP contribution is 2.54. The first kappa shape index (κ1) is 109. The van der Waals surface area contributed by atoms with Gasteiger partial charge >= 0.3 is 47.8 Å². The van der Waals surface area contributed by atoms with Crippen LogP contribution < -0.4 is 18.9 Å². The fourth-order valence-corrected chi connectivity index (χ4v) is 23.3. The van der Waals surface area contributed by atoms with Crippen molar-refractivity contribution < 1.29 is 122 Å². The molecule has 4 aromatic rings. The van der Waals surface area contributed by atoms with Crippen LogP contribution in [0, 0.1) is 76.9 Å². The number of hydrogen-bond acceptors (Lipinski definition) is 21. The number of carbonyl (C=O) groups is 8. The average molecular weight is 1870 g/mol. The number of carboxylic acid groups (broad SMARTS) is 4. The van der Waals surface area contributed by atoms with Crippen molar-refractivity contribution in [3.8, 4) is 23.0 Å². The van der Waals surface area contributed by atoms with Crippen LogP contribution in [0.15, 0.2) is 72.8 Å². The van der Waals surface area contributed by atoms with Crippen LogP contribution >= 0.6 is 0 Å². The van der Waals surface area contributed by atoms with E-state index in [1.165, 1.54) is 22.3 Å². The fraction of sp³-hybridized carbons (Fsp3) is 0.706. The second-order valence-electron chi connectivity index (χ2n) is 40.2. The third kappa shape index (κ3) is 34.1. The summed E-state index contributed by atoms with van der Waals surface area (Å²) in [6.45, 7) is 15.2. The van der Waals surface area contributed by atoms with Gasteiger partial charge in [-0.3, -0.25) is 19.2 Å². The third-order valence-electron chi connectivity index (χ3n) is 29.9. The molecule has 0 unspecified atom stereocenters. The largest absolute Gasteiger partial charge is 0.482 e. The minimum Gasteiger partial charge on any atom is -0.482 e. The molecule has 8 aliphatic rings. The van der Waals surface area contributed by atoms with Gasteiger partial charge in [0, 0.05) is 19.3 Å². The highest BCUT2D eigenvalue weighted by atomic mass is 16.6. The zero-order chi connectivity index (χ0) is 96.8. The van der Waals surface area contributed by atoms with Crippen LogP contribution in [0.3, 0.4) is 0 Å². The van der Waals surface area contributed by atoms with E-state index < -0.39 is 23.9 Å². The maximum Gasteiger partial charge on any atom is 0.341 e. The molecule has 4 fully saturated rings. The molecule has 0 radical (unpaired) electrons. The van der Waals surface area contributed by atoms with E-state index in [0.717, 1.165) is 273 Å². The zero-order valence-corrected chi connectivity index (χ0v) is 81.6. The fourth-order valence-electron chi connectivity index (χ4n) is 23.3. The smallest absolute Gasteiger partial charge is 0.341 e. The highest BCUT2D eigenvalue weighted by molar-refractivity contribution is 5.72. The Morgan fingerprint density at radius 1 is 0.313 bits per heavy atom. The van der Waals surface area contributed by atoms with Gasteiger partial charge in [-0.05, 0) is 338 Å². The topological polar surface area (TPSA) is 392 Å². The molecule has 0 bridgehead atoms. The number of carbonyl (C=O) groups excluding carboxylic acids is 4. The first-order valence-corrected chi connectivity index (χ1v) is 51.5. The van der Waals surface area contributed by atoms with Crippen molar-refractivity contribution in [2.24, 2.45) is 76.9 Å². The van der Waals surface area contributed by atoms with Gasteiger partial charge in [-0.15, -0.1) is 0 Å². The Kier molecular flexibility index (Phi) is 46.6. The quantitative estimate of drug-likeness (QED) is 0.0113. The van der Waals surface area contributed by atoms with Crippen molar-refractivity contribution in [3.05, 3.63) is 117 Å². The number of unbranched alkanes of at least 4 members (excludes halogenated alkanes) is 9. The predicted octanol–water partition coefficient (Wildman–Crippen LogP) is 19.0. The summed E-state index contributed by atoms with van der Waals surface area (Å²) in [5.74, 6) is 2.00. The van der Waals surface area contributed by atoms with Gasteiger partial charge < -0.3 is 83.9 Å². The lowest BCUT2D eigenvalue weighted by molar-refractivity contribution is -0.152. The van der Waals surface area contributed by atoms with E-state index in [4.69, 9.17) is 63.4 Å². The second-order valence-corrected chi connectivity index (χ2v) is 40.2. The molecule has 9 N–H and O–H groups in total. The van der Waals surface area contributed by atoms with Crippen LogP contribution in [0.4, 0.5) is 0 Å². The average Bonchev–Trinajstić information content (AvgIpc) is 1.61. The maximum absolute atomic E-state index is 12.3. The van der Waals surface area contributed by atoms with Crippen LogP contribution in [-0.4, -0.2) is 176 Å². The molecule has 25 heteroatoms. The van der Waals surface area contributed by atoms with Crippen LogP contribution in [-0.2, 0) is 109 Å². The number of benzene rings is 4. The molecule has 0 aliphatic heterocycles. The summed E-state index contributed by atoms with van der Waals surface area (Å²) >= 11 is 0. The maximum atomic E-state index is 12.3. The van der Waals surface area contributed by atoms with E-state index in [9.17, 15) is 58.8 Å². The minimum atomic E-state index is -0.995. The van der Waals surface area contributed by atoms with E-state index in [2.05, 4.69) is 58.9 Å². The van der Waals surface area contributed by atoms with Gasteiger partial charge in [0.1, 0.15) is 47.4 Å². The number of carboxylic acids is 4. The van der Waals surface area contributed by atoms with E-state index in [1.807, 2.05) is 69.3 Å². The van der Waals surface area contributed by atoms with Crippen molar-refractivity contribution in [1.29, 1.82) is 0 Å². The lowest BCUT2D eigenvalue weighted by Gasteiger charge is -2.32. The Morgan fingerprint density at radius 2 is 0.567 bits per heavy atom. The lowest BCUT2D eigenvalue weighted by Crippen LogP contribution is -2.29. The first-order valence-electron chi connectivity index (χ1n) is 51.5. The number of rotatable bonds is 53. The summed E-state index contributed by atoms with van der Waals surface area (Å²) in [6, 6.07) is 23.4. The summed E-state index contributed by atoms with van der Waals surface area (Å²) in [7, 11) is 0. The Balaban J connectivity index is 0.000000201. The normalized spacial score (nSPS) is 24.4. The Labute approximate surface area is 796 Å².